The number of aliphatic hydroxyl groups is 1. The number of carbonyl (C=O) groups is 2. The van der Waals surface area contributed by atoms with E-state index in [1.807, 2.05) is 26.0 Å². The van der Waals surface area contributed by atoms with Crippen LogP contribution >= 0.6 is 11.3 Å². The van der Waals surface area contributed by atoms with Gasteiger partial charge >= 0.3 is 5.91 Å². The molecule has 0 spiro atoms. The van der Waals surface area contributed by atoms with E-state index >= 15 is 0 Å². The van der Waals surface area contributed by atoms with Crippen LogP contribution in [0.2, 0.25) is 0 Å². The highest BCUT2D eigenvalue weighted by atomic mass is 32.1. The maximum atomic E-state index is 13.5. The molecule has 37 heavy (non-hydrogen) atoms. The van der Waals surface area contributed by atoms with E-state index in [4.69, 9.17) is 14.5 Å². The third kappa shape index (κ3) is 4.07. The molecule has 188 valence electrons. The SMILES string of the molecule is COc1cccc(/C(O)=C2\C(=O)C(=O)N(c3nc4c(C)cc(C)cc4s3)[C@@H]2c2ccc(O)c(OC)c2)c1. The van der Waals surface area contributed by atoms with Crippen molar-refractivity contribution in [2.45, 2.75) is 19.9 Å². The molecule has 1 saturated heterocycles. The Bertz CT molecular complexity index is 1610. The van der Waals surface area contributed by atoms with Crippen LogP contribution < -0.4 is 14.4 Å². The summed E-state index contributed by atoms with van der Waals surface area (Å²) in [6.07, 6.45) is 0. The lowest BCUT2D eigenvalue weighted by atomic mass is 9.95. The van der Waals surface area contributed by atoms with E-state index in [1.165, 1.54) is 36.5 Å². The van der Waals surface area contributed by atoms with E-state index in [9.17, 15) is 19.8 Å². The number of aryl methyl sites for hydroxylation is 2. The summed E-state index contributed by atoms with van der Waals surface area (Å²) in [7, 11) is 2.91. The van der Waals surface area contributed by atoms with Gasteiger partial charge in [0.25, 0.3) is 5.78 Å². The number of aromatic hydroxyl groups is 1. The highest BCUT2D eigenvalue weighted by Crippen LogP contribution is 2.46. The third-order valence-corrected chi connectivity index (χ3v) is 7.33. The largest absolute Gasteiger partial charge is 0.507 e. The highest BCUT2D eigenvalue weighted by Gasteiger charge is 2.48. The maximum Gasteiger partial charge on any atom is 0.301 e. The number of nitrogens with zero attached hydrogens (tertiary/aromatic N) is 2. The van der Waals surface area contributed by atoms with Crippen LogP contribution in [0.25, 0.3) is 16.0 Å². The number of hydrogen-bond acceptors (Lipinski definition) is 8. The average molecular weight is 517 g/mol. The van der Waals surface area contributed by atoms with Crippen LogP contribution in [0.15, 0.2) is 60.2 Å². The molecule has 2 heterocycles. The van der Waals surface area contributed by atoms with Gasteiger partial charge in [0.1, 0.15) is 11.5 Å². The number of Topliss-reactive ketones (excluding diaryl/α,β-unsaturated/α-hetero) is 1. The summed E-state index contributed by atoms with van der Waals surface area (Å²) in [5.41, 5.74) is 3.43. The fraction of sp³-hybridized carbons (Fsp3) is 0.179. The molecule has 0 radical (unpaired) electrons. The minimum absolute atomic E-state index is 0.0953. The predicted octanol–water partition coefficient (Wildman–Crippen LogP) is 5.26. The molecule has 2 N–H and O–H groups in total. The Morgan fingerprint density at radius 1 is 1.03 bits per heavy atom. The van der Waals surface area contributed by atoms with Crippen molar-refractivity contribution in [3.63, 3.8) is 0 Å². The number of anilines is 1. The zero-order chi connectivity index (χ0) is 26.4. The van der Waals surface area contributed by atoms with Crippen LogP contribution in [0.1, 0.15) is 28.3 Å². The van der Waals surface area contributed by atoms with Crippen molar-refractivity contribution in [2.24, 2.45) is 0 Å². The molecule has 0 bridgehead atoms. The lowest BCUT2D eigenvalue weighted by Gasteiger charge is -2.23. The lowest BCUT2D eigenvalue weighted by molar-refractivity contribution is -0.132. The van der Waals surface area contributed by atoms with Crippen LogP contribution in [-0.4, -0.2) is 41.1 Å². The molecule has 5 rings (SSSR count). The minimum atomic E-state index is -1.01. The fourth-order valence-corrected chi connectivity index (χ4v) is 5.77. The number of carbonyl (C=O) groups excluding carboxylic acids is 2. The third-order valence-electron chi connectivity index (χ3n) is 6.33. The summed E-state index contributed by atoms with van der Waals surface area (Å²) in [5, 5.41) is 21.8. The van der Waals surface area contributed by atoms with E-state index in [1.54, 1.807) is 36.4 Å². The number of aromatic nitrogens is 1. The molecular formula is C28H24N2O6S. The molecule has 1 aliphatic rings. The summed E-state index contributed by atoms with van der Waals surface area (Å²) in [4.78, 5) is 33.0. The molecule has 1 atom stereocenters. The number of thiazole rings is 1. The monoisotopic (exact) mass is 516 g/mol. The molecule has 1 amide bonds. The predicted molar refractivity (Wildman–Crippen MR) is 142 cm³/mol. The lowest BCUT2D eigenvalue weighted by Crippen LogP contribution is -2.29. The van der Waals surface area contributed by atoms with Crippen molar-refractivity contribution in [3.05, 3.63) is 82.4 Å². The molecule has 3 aromatic carbocycles. The average Bonchev–Trinajstić information content (AvgIpc) is 3.42. The number of rotatable bonds is 5. The first-order valence-electron chi connectivity index (χ1n) is 11.4. The number of methoxy groups -OCH3 is 2. The molecule has 1 fully saturated rings. The van der Waals surface area contributed by atoms with Crippen LogP contribution in [0.3, 0.4) is 0 Å². The van der Waals surface area contributed by atoms with Gasteiger partial charge in [0.2, 0.25) is 0 Å². The zero-order valence-corrected chi connectivity index (χ0v) is 21.4. The fourth-order valence-electron chi connectivity index (χ4n) is 4.60. The van der Waals surface area contributed by atoms with Crippen LogP contribution in [0.4, 0.5) is 5.13 Å². The molecule has 0 aliphatic carbocycles. The number of phenolic OH excluding ortho intramolecular Hbond substituents is 1. The topological polar surface area (TPSA) is 109 Å². The van der Waals surface area contributed by atoms with Gasteiger partial charge in [-0.05, 0) is 60.9 Å². The second-order valence-corrected chi connectivity index (χ2v) is 9.77. The minimum Gasteiger partial charge on any atom is -0.507 e. The number of aliphatic hydroxyl groups excluding tert-OH is 1. The van der Waals surface area contributed by atoms with Crippen molar-refractivity contribution >= 4 is 44.1 Å². The molecular weight excluding hydrogens is 492 g/mol. The van der Waals surface area contributed by atoms with Crippen molar-refractivity contribution in [3.8, 4) is 17.2 Å². The standard InChI is InChI=1S/C28H24N2O6S/c1-14-10-15(2)23-21(11-14)37-28(29-23)30-24(16-8-9-19(31)20(13-16)36-4)22(26(33)27(30)34)25(32)17-6-5-7-18(12-17)35-3/h5-13,24,31-32H,1-4H3/b25-22+/t24-/m1/s1. The van der Waals surface area contributed by atoms with Crippen molar-refractivity contribution in [1.29, 1.82) is 0 Å². The number of hydrogen-bond donors (Lipinski definition) is 2. The molecule has 0 saturated carbocycles. The molecule has 1 aliphatic heterocycles. The van der Waals surface area contributed by atoms with Gasteiger partial charge in [0.15, 0.2) is 16.6 Å². The number of ether oxygens (including phenoxy) is 2. The van der Waals surface area contributed by atoms with Gasteiger partial charge in [-0.25, -0.2) is 4.98 Å². The Morgan fingerprint density at radius 2 is 1.81 bits per heavy atom. The smallest absolute Gasteiger partial charge is 0.301 e. The molecule has 4 aromatic rings. The van der Waals surface area contributed by atoms with Gasteiger partial charge in [0, 0.05) is 5.56 Å². The molecule has 8 nitrogen and oxygen atoms in total. The number of fused-ring (bicyclic) bond motifs is 1. The normalized spacial score (nSPS) is 17.0. The van der Waals surface area contributed by atoms with E-state index in [0.29, 0.717) is 22.0 Å². The van der Waals surface area contributed by atoms with Crippen molar-refractivity contribution in [2.75, 3.05) is 19.1 Å². The summed E-state index contributed by atoms with van der Waals surface area (Å²) < 4.78 is 11.4. The number of ketones is 1. The second kappa shape index (κ2) is 9.25. The quantitative estimate of drug-likeness (QED) is 0.211. The number of phenols is 1. The number of amides is 1. The Balaban J connectivity index is 1.76. The Labute approximate surface area is 217 Å². The van der Waals surface area contributed by atoms with E-state index in [-0.39, 0.29) is 22.8 Å². The van der Waals surface area contributed by atoms with E-state index in [0.717, 1.165) is 21.3 Å². The first kappa shape index (κ1) is 24.3. The van der Waals surface area contributed by atoms with E-state index < -0.39 is 17.7 Å². The Kier molecular flexibility index (Phi) is 6.08. The molecule has 0 unspecified atom stereocenters. The number of benzene rings is 3. The van der Waals surface area contributed by atoms with Crippen molar-refractivity contribution < 1.29 is 29.3 Å². The van der Waals surface area contributed by atoms with E-state index in [2.05, 4.69) is 0 Å². The summed E-state index contributed by atoms with van der Waals surface area (Å²) in [6.45, 7) is 3.92. The first-order valence-corrected chi connectivity index (χ1v) is 12.2. The summed E-state index contributed by atoms with van der Waals surface area (Å²) in [6, 6.07) is 14.1. The van der Waals surface area contributed by atoms with Gasteiger partial charge in [0.05, 0.1) is 36.1 Å². The van der Waals surface area contributed by atoms with Crippen LogP contribution in [-0.2, 0) is 9.59 Å². The van der Waals surface area contributed by atoms with Crippen LogP contribution in [0, 0.1) is 13.8 Å². The van der Waals surface area contributed by atoms with Gasteiger partial charge in [-0.2, -0.15) is 0 Å². The Hall–Kier alpha value is -4.37. The van der Waals surface area contributed by atoms with Gasteiger partial charge in [-0.15, -0.1) is 0 Å². The highest BCUT2D eigenvalue weighted by molar-refractivity contribution is 7.22. The Morgan fingerprint density at radius 3 is 2.54 bits per heavy atom. The molecule has 9 heteroatoms. The second-order valence-electron chi connectivity index (χ2n) is 8.76. The molecule has 1 aromatic heterocycles. The first-order chi connectivity index (χ1) is 17.7. The van der Waals surface area contributed by atoms with Crippen LogP contribution in [0.5, 0.6) is 17.2 Å². The summed E-state index contributed by atoms with van der Waals surface area (Å²) >= 11 is 1.29. The maximum absolute atomic E-state index is 13.5. The zero-order valence-electron chi connectivity index (χ0n) is 20.6. The van der Waals surface area contributed by atoms with Gasteiger partial charge < -0.3 is 19.7 Å². The summed E-state index contributed by atoms with van der Waals surface area (Å²) in [5.74, 6) is -1.44. The van der Waals surface area contributed by atoms with Gasteiger partial charge in [-0.3, -0.25) is 14.5 Å². The van der Waals surface area contributed by atoms with Crippen molar-refractivity contribution in [1.82, 2.24) is 4.98 Å². The van der Waals surface area contributed by atoms with Gasteiger partial charge in [-0.1, -0.05) is 35.6 Å².